The van der Waals surface area contributed by atoms with E-state index in [9.17, 15) is 0 Å². The van der Waals surface area contributed by atoms with E-state index in [1.807, 2.05) is 25.1 Å². The molecule has 0 saturated heterocycles. The van der Waals surface area contributed by atoms with Gasteiger partial charge in [-0.25, -0.2) is 5.84 Å². The highest BCUT2D eigenvalue weighted by Gasteiger charge is 1.99. The van der Waals surface area contributed by atoms with Crippen LogP contribution >= 0.6 is 12.4 Å². The van der Waals surface area contributed by atoms with Gasteiger partial charge in [-0.05, 0) is 25.5 Å². The molecule has 1 aromatic rings. The lowest BCUT2D eigenvalue weighted by atomic mass is 10.2. The Bertz CT molecular complexity index is 238. The van der Waals surface area contributed by atoms with Crippen molar-refractivity contribution in [3.63, 3.8) is 0 Å². The van der Waals surface area contributed by atoms with Gasteiger partial charge >= 0.3 is 0 Å². The van der Waals surface area contributed by atoms with Gasteiger partial charge < -0.3 is 5.01 Å². The maximum absolute atomic E-state index is 5.73. The van der Waals surface area contributed by atoms with Gasteiger partial charge in [0.15, 0.2) is 0 Å². The van der Waals surface area contributed by atoms with Crippen LogP contribution in [0.4, 0.5) is 5.69 Å². The molecule has 0 aliphatic heterocycles. The van der Waals surface area contributed by atoms with Crippen LogP contribution in [-0.4, -0.2) is 6.54 Å². The van der Waals surface area contributed by atoms with Crippen LogP contribution in [0.25, 0.3) is 0 Å². The normalized spacial score (nSPS) is 8.92. The van der Waals surface area contributed by atoms with Gasteiger partial charge in [0.05, 0.1) is 5.69 Å². The number of hydrogen-bond donors (Lipinski definition) is 1. The second-order valence-corrected chi connectivity index (χ2v) is 2.57. The van der Waals surface area contributed by atoms with Crippen LogP contribution < -0.4 is 10.9 Å². The molecule has 0 fully saturated rings. The van der Waals surface area contributed by atoms with Crippen molar-refractivity contribution in [3.05, 3.63) is 29.8 Å². The first-order valence-corrected chi connectivity index (χ1v) is 3.83. The quantitative estimate of drug-likeness (QED) is 0.567. The molecule has 0 amide bonds. The molecule has 0 radical (unpaired) electrons. The predicted molar refractivity (Wildman–Crippen MR) is 55.6 cm³/mol. The molecular formula is C9H15ClN2. The average Bonchev–Trinajstić information content (AvgIpc) is 2.04. The van der Waals surface area contributed by atoms with Crippen LogP contribution in [-0.2, 0) is 0 Å². The lowest BCUT2D eigenvalue weighted by Gasteiger charge is -2.17. The maximum atomic E-state index is 5.73. The first kappa shape index (κ1) is 11.3. The van der Waals surface area contributed by atoms with Crippen LogP contribution in [0.3, 0.4) is 0 Å². The first-order valence-electron chi connectivity index (χ1n) is 3.83. The van der Waals surface area contributed by atoms with Crippen LogP contribution in [0, 0.1) is 6.92 Å². The van der Waals surface area contributed by atoms with Gasteiger partial charge in [-0.15, -0.1) is 12.4 Å². The highest BCUT2D eigenvalue weighted by molar-refractivity contribution is 5.85. The molecule has 2 nitrogen and oxygen atoms in total. The number of halogens is 1. The van der Waals surface area contributed by atoms with E-state index >= 15 is 0 Å². The fourth-order valence-corrected chi connectivity index (χ4v) is 1.06. The van der Waals surface area contributed by atoms with Gasteiger partial charge in [-0.3, -0.25) is 0 Å². The highest BCUT2D eigenvalue weighted by Crippen LogP contribution is 2.15. The zero-order valence-corrected chi connectivity index (χ0v) is 8.27. The fraction of sp³-hybridized carbons (Fsp3) is 0.333. The summed E-state index contributed by atoms with van der Waals surface area (Å²) in [6.45, 7) is 4.93. The third-order valence-electron chi connectivity index (χ3n) is 1.77. The molecule has 3 heteroatoms. The summed E-state index contributed by atoms with van der Waals surface area (Å²) in [7, 11) is 0. The second kappa shape index (κ2) is 5.01. The molecule has 0 atom stereocenters. The van der Waals surface area contributed by atoms with E-state index in [0.717, 1.165) is 12.2 Å². The summed E-state index contributed by atoms with van der Waals surface area (Å²) in [4.78, 5) is 0. The molecule has 0 unspecified atom stereocenters. The standard InChI is InChI=1S/C9H14N2.ClH/c1-3-11(10)9-7-5-4-6-8(9)2;/h4-7H,3,10H2,1-2H3;1H. The van der Waals surface area contributed by atoms with Crippen molar-refractivity contribution in [2.45, 2.75) is 13.8 Å². The van der Waals surface area contributed by atoms with E-state index in [-0.39, 0.29) is 12.4 Å². The Balaban J connectivity index is 0.00000121. The molecule has 68 valence electrons. The Morgan fingerprint density at radius 1 is 1.33 bits per heavy atom. The molecule has 0 aliphatic rings. The van der Waals surface area contributed by atoms with Gasteiger partial charge in [0.1, 0.15) is 0 Å². The van der Waals surface area contributed by atoms with Gasteiger partial charge in [0.2, 0.25) is 0 Å². The van der Waals surface area contributed by atoms with Crippen LogP contribution in [0.1, 0.15) is 12.5 Å². The number of para-hydroxylation sites is 1. The number of nitrogens with zero attached hydrogens (tertiary/aromatic N) is 1. The molecule has 0 bridgehead atoms. The lowest BCUT2D eigenvalue weighted by molar-refractivity contribution is 0.887. The Hall–Kier alpha value is -0.730. The highest BCUT2D eigenvalue weighted by atomic mass is 35.5. The molecular weight excluding hydrogens is 172 g/mol. The minimum absolute atomic E-state index is 0. The van der Waals surface area contributed by atoms with Crippen molar-refractivity contribution < 1.29 is 0 Å². The molecule has 1 rings (SSSR count). The zero-order chi connectivity index (χ0) is 8.27. The topological polar surface area (TPSA) is 29.3 Å². The summed E-state index contributed by atoms with van der Waals surface area (Å²) in [5.41, 5.74) is 2.33. The monoisotopic (exact) mass is 186 g/mol. The summed E-state index contributed by atoms with van der Waals surface area (Å²) in [5.74, 6) is 5.73. The van der Waals surface area contributed by atoms with Crippen LogP contribution in [0.2, 0.25) is 0 Å². The Kier molecular flexibility index (Phi) is 4.71. The molecule has 12 heavy (non-hydrogen) atoms. The van der Waals surface area contributed by atoms with E-state index in [4.69, 9.17) is 5.84 Å². The van der Waals surface area contributed by atoms with Gasteiger partial charge in [0, 0.05) is 6.54 Å². The lowest BCUT2D eigenvalue weighted by Crippen LogP contribution is -2.30. The van der Waals surface area contributed by atoms with Crippen molar-refractivity contribution in [3.8, 4) is 0 Å². The Morgan fingerprint density at radius 2 is 1.92 bits per heavy atom. The van der Waals surface area contributed by atoms with Crippen molar-refractivity contribution >= 4 is 18.1 Å². The average molecular weight is 187 g/mol. The third-order valence-corrected chi connectivity index (χ3v) is 1.77. The Labute approximate surface area is 79.7 Å². The number of hydrogen-bond acceptors (Lipinski definition) is 2. The number of benzene rings is 1. The van der Waals surface area contributed by atoms with Gasteiger partial charge in [0.25, 0.3) is 0 Å². The summed E-state index contributed by atoms with van der Waals surface area (Å²) in [6.07, 6.45) is 0. The maximum Gasteiger partial charge on any atom is 0.0546 e. The molecule has 0 aliphatic carbocycles. The minimum atomic E-state index is 0. The predicted octanol–water partition coefficient (Wildman–Crippen LogP) is 2.12. The number of aryl methyl sites for hydroxylation is 1. The van der Waals surface area contributed by atoms with Crippen molar-refractivity contribution in [2.24, 2.45) is 5.84 Å². The summed E-state index contributed by atoms with van der Waals surface area (Å²) in [5, 5.41) is 1.75. The molecule has 0 saturated carbocycles. The van der Waals surface area contributed by atoms with E-state index in [1.54, 1.807) is 5.01 Å². The fourth-order valence-electron chi connectivity index (χ4n) is 1.06. The summed E-state index contributed by atoms with van der Waals surface area (Å²) in [6, 6.07) is 8.10. The van der Waals surface area contributed by atoms with Crippen molar-refractivity contribution in [2.75, 3.05) is 11.6 Å². The number of hydrazine groups is 1. The SMILES string of the molecule is CCN(N)c1ccccc1C.Cl. The molecule has 0 spiro atoms. The second-order valence-electron chi connectivity index (χ2n) is 2.57. The van der Waals surface area contributed by atoms with Crippen LogP contribution in [0.5, 0.6) is 0 Å². The van der Waals surface area contributed by atoms with Crippen molar-refractivity contribution in [1.82, 2.24) is 0 Å². The summed E-state index contributed by atoms with van der Waals surface area (Å²) < 4.78 is 0. The van der Waals surface area contributed by atoms with E-state index in [2.05, 4.69) is 13.0 Å². The minimum Gasteiger partial charge on any atom is -0.311 e. The number of anilines is 1. The molecule has 2 N–H and O–H groups in total. The zero-order valence-electron chi connectivity index (χ0n) is 7.45. The largest absolute Gasteiger partial charge is 0.311 e. The smallest absolute Gasteiger partial charge is 0.0546 e. The van der Waals surface area contributed by atoms with E-state index < -0.39 is 0 Å². The third kappa shape index (κ3) is 2.40. The van der Waals surface area contributed by atoms with Crippen LogP contribution in [0.15, 0.2) is 24.3 Å². The van der Waals surface area contributed by atoms with Gasteiger partial charge in [-0.1, -0.05) is 18.2 Å². The van der Waals surface area contributed by atoms with E-state index in [1.165, 1.54) is 5.56 Å². The van der Waals surface area contributed by atoms with E-state index in [0.29, 0.717) is 0 Å². The number of rotatable bonds is 2. The van der Waals surface area contributed by atoms with Gasteiger partial charge in [-0.2, -0.15) is 0 Å². The molecule has 0 heterocycles. The summed E-state index contributed by atoms with van der Waals surface area (Å²) >= 11 is 0. The Morgan fingerprint density at radius 3 is 2.42 bits per heavy atom. The molecule has 0 aromatic heterocycles. The number of nitrogens with two attached hydrogens (primary N) is 1. The molecule has 1 aromatic carbocycles. The first-order chi connectivity index (χ1) is 5.25. The van der Waals surface area contributed by atoms with Crippen molar-refractivity contribution in [1.29, 1.82) is 0 Å².